The number of hydrogen-bond donors (Lipinski definition) is 0. The van der Waals surface area contributed by atoms with E-state index in [1.165, 1.54) is 109 Å². The molecule has 63 heavy (non-hydrogen) atoms. The van der Waals surface area contributed by atoms with Crippen LogP contribution >= 0.6 is 0 Å². The quantitative estimate of drug-likeness (QED) is 0.0262. The van der Waals surface area contributed by atoms with E-state index in [0.29, 0.717) is 19.3 Å². The molecular weight excluding hydrogens is 781 g/mol. The lowest BCUT2D eigenvalue weighted by Crippen LogP contribution is -2.30. The molecule has 0 saturated carbocycles. The van der Waals surface area contributed by atoms with Gasteiger partial charge in [0.25, 0.3) is 0 Å². The summed E-state index contributed by atoms with van der Waals surface area (Å²) in [5, 5.41) is 0. The zero-order chi connectivity index (χ0) is 45.8. The minimum atomic E-state index is -0.799. The van der Waals surface area contributed by atoms with Gasteiger partial charge < -0.3 is 14.2 Å². The molecule has 0 aliphatic carbocycles. The highest BCUT2D eigenvalue weighted by atomic mass is 16.6. The molecule has 0 rings (SSSR count). The zero-order valence-electron chi connectivity index (χ0n) is 41.3. The van der Waals surface area contributed by atoms with Crippen LogP contribution in [0.1, 0.15) is 252 Å². The van der Waals surface area contributed by atoms with Crippen LogP contribution in [0.3, 0.4) is 0 Å². The Balaban J connectivity index is 4.47. The third-order valence-corrected chi connectivity index (χ3v) is 11.2. The molecule has 0 N–H and O–H groups in total. The highest BCUT2D eigenvalue weighted by Crippen LogP contribution is 2.14. The summed E-state index contributed by atoms with van der Waals surface area (Å²) in [5.74, 6) is -0.953. The van der Waals surface area contributed by atoms with E-state index < -0.39 is 6.10 Å². The van der Waals surface area contributed by atoms with Gasteiger partial charge in [0.05, 0.1) is 0 Å². The molecule has 0 aromatic carbocycles. The lowest BCUT2D eigenvalue weighted by atomic mass is 10.1. The van der Waals surface area contributed by atoms with Crippen LogP contribution in [0.4, 0.5) is 0 Å². The maximum atomic E-state index is 12.8. The fourth-order valence-corrected chi connectivity index (χ4v) is 7.19. The Morgan fingerprint density at radius 1 is 0.333 bits per heavy atom. The summed E-state index contributed by atoms with van der Waals surface area (Å²) in [6.07, 6.45) is 64.6. The predicted octanol–water partition coefficient (Wildman–Crippen LogP) is 17.4. The summed E-state index contributed by atoms with van der Waals surface area (Å²) in [6, 6.07) is 0. The molecule has 1 unspecified atom stereocenters. The van der Waals surface area contributed by atoms with Gasteiger partial charge in [0, 0.05) is 19.3 Å². The van der Waals surface area contributed by atoms with Gasteiger partial charge in [-0.3, -0.25) is 14.4 Å². The molecule has 0 fully saturated rings. The third-order valence-electron chi connectivity index (χ3n) is 11.2. The zero-order valence-corrected chi connectivity index (χ0v) is 41.3. The first-order valence-corrected chi connectivity index (χ1v) is 26.4. The van der Waals surface area contributed by atoms with Crippen molar-refractivity contribution in [3.8, 4) is 0 Å². The Labute approximate surface area is 389 Å². The first-order chi connectivity index (χ1) is 31.0. The second-order valence-corrected chi connectivity index (χ2v) is 17.4. The fourth-order valence-electron chi connectivity index (χ4n) is 7.19. The van der Waals surface area contributed by atoms with Crippen LogP contribution in [0.25, 0.3) is 0 Å². The van der Waals surface area contributed by atoms with Crippen LogP contribution in [0.15, 0.2) is 72.9 Å². The Hall–Kier alpha value is -3.15. The second kappa shape index (κ2) is 51.5. The van der Waals surface area contributed by atoms with E-state index in [1.807, 2.05) is 0 Å². The van der Waals surface area contributed by atoms with Crippen LogP contribution in [0.2, 0.25) is 0 Å². The molecule has 1 atom stereocenters. The number of carbonyl (C=O) groups is 3. The van der Waals surface area contributed by atoms with Gasteiger partial charge in [-0.2, -0.15) is 0 Å². The second-order valence-electron chi connectivity index (χ2n) is 17.4. The van der Waals surface area contributed by atoms with Gasteiger partial charge in [-0.15, -0.1) is 0 Å². The van der Waals surface area contributed by atoms with Gasteiger partial charge in [0.2, 0.25) is 0 Å². The largest absolute Gasteiger partial charge is 0.462 e. The Morgan fingerprint density at radius 3 is 1.02 bits per heavy atom. The van der Waals surface area contributed by atoms with E-state index >= 15 is 0 Å². The summed E-state index contributed by atoms with van der Waals surface area (Å²) < 4.78 is 16.8. The lowest BCUT2D eigenvalue weighted by Gasteiger charge is -2.18. The van der Waals surface area contributed by atoms with Crippen molar-refractivity contribution in [2.24, 2.45) is 0 Å². The molecule has 6 nitrogen and oxygen atoms in total. The predicted molar refractivity (Wildman–Crippen MR) is 270 cm³/mol. The van der Waals surface area contributed by atoms with Crippen molar-refractivity contribution >= 4 is 17.9 Å². The standard InChI is InChI=1S/C57H98O6/c1-4-7-10-13-16-19-22-25-28-31-34-37-40-43-46-49-55(58)61-52-54(63-57(60)51-48-45-42-39-36-33-30-27-24-21-18-15-12-9-6-3)53-62-56(59)50-47-44-41-38-35-32-29-26-23-20-17-14-11-8-5-2/h7,10,16,19,25-30,34,37,54H,4-6,8-9,11-15,17-18,20-24,31-33,35-36,38-53H2,1-3H3/b10-7-,19-16-,28-25-,29-26-,30-27-,37-34-. The maximum Gasteiger partial charge on any atom is 0.306 e. The van der Waals surface area contributed by atoms with Crippen molar-refractivity contribution in [1.29, 1.82) is 0 Å². The summed E-state index contributed by atoms with van der Waals surface area (Å²) in [7, 11) is 0. The van der Waals surface area contributed by atoms with Gasteiger partial charge in [0.15, 0.2) is 6.10 Å². The van der Waals surface area contributed by atoms with Crippen molar-refractivity contribution in [3.63, 3.8) is 0 Å². The van der Waals surface area contributed by atoms with Crippen molar-refractivity contribution < 1.29 is 28.6 Å². The molecule has 362 valence electrons. The topological polar surface area (TPSA) is 78.9 Å². The lowest BCUT2D eigenvalue weighted by molar-refractivity contribution is -0.167. The van der Waals surface area contributed by atoms with E-state index in [0.717, 1.165) is 103 Å². The molecule has 0 bridgehead atoms. The summed E-state index contributed by atoms with van der Waals surface area (Å²) in [5.41, 5.74) is 0. The van der Waals surface area contributed by atoms with Crippen LogP contribution in [-0.2, 0) is 28.6 Å². The molecule has 0 spiro atoms. The number of hydrogen-bond acceptors (Lipinski definition) is 6. The SMILES string of the molecule is CC/C=C\C/C=C\C/C=C\C/C=C\CCCCC(=O)OCC(COC(=O)CCCCCCC/C=C\CCCCCCCC)OC(=O)CCCCCCC/C=C\CCCCCCCC. The monoisotopic (exact) mass is 879 g/mol. The van der Waals surface area contributed by atoms with Gasteiger partial charge in [-0.05, 0) is 109 Å². The molecule has 0 amide bonds. The minimum Gasteiger partial charge on any atom is -0.462 e. The Kier molecular flexibility index (Phi) is 48.9. The molecule has 0 heterocycles. The Bertz CT molecular complexity index is 1190. The van der Waals surface area contributed by atoms with Crippen LogP contribution in [-0.4, -0.2) is 37.2 Å². The van der Waals surface area contributed by atoms with Crippen molar-refractivity contribution in [1.82, 2.24) is 0 Å². The molecule has 0 aliphatic rings. The number of allylic oxidation sites excluding steroid dienone is 12. The molecule has 0 aromatic rings. The van der Waals surface area contributed by atoms with Crippen LogP contribution in [0.5, 0.6) is 0 Å². The molecule has 0 radical (unpaired) electrons. The molecule has 0 aromatic heterocycles. The average molecular weight is 879 g/mol. The smallest absolute Gasteiger partial charge is 0.306 e. The van der Waals surface area contributed by atoms with E-state index in [-0.39, 0.29) is 31.1 Å². The van der Waals surface area contributed by atoms with Gasteiger partial charge in [0.1, 0.15) is 13.2 Å². The highest BCUT2D eigenvalue weighted by molar-refractivity contribution is 5.71. The number of carbonyl (C=O) groups excluding carboxylic acids is 3. The van der Waals surface area contributed by atoms with E-state index in [9.17, 15) is 14.4 Å². The highest BCUT2D eigenvalue weighted by Gasteiger charge is 2.19. The average Bonchev–Trinajstić information content (AvgIpc) is 3.28. The fraction of sp³-hybridized carbons (Fsp3) is 0.737. The van der Waals surface area contributed by atoms with E-state index in [1.54, 1.807) is 0 Å². The number of esters is 3. The van der Waals surface area contributed by atoms with E-state index in [2.05, 4.69) is 93.7 Å². The number of rotatable bonds is 47. The van der Waals surface area contributed by atoms with E-state index in [4.69, 9.17) is 14.2 Å². The summed E-state index contributed by atoms with van der Waals surface area (Å²) >= 11 is 0. The van der Waals surface area contributed by atoms with Crippen molar-refractivity contribution in [3.05, 3.63) is 72.9 Å². The summed E-state index contributed by atoms with van der Waals surface area (Å²) in [6.45, 7) is 6.47. The van der Waals surface area contributed by atoms with Crippen LogP contribution < -0.4 is 0 Å². The number of ether oxygens (including phenoxy) is 3. The Morgan fingerprint density at radius 2 is 0.619 bits per heavy atom. The molecule has 6 heteroatoms. The molecule has 0 aliphatic heterocycles. The van der Waals surface area contributed by atoms with Gasteiger partial charge in [-0.1, -0.05) is 196 Å². The summed E-state index contributed by atoms with van der Waals surface area (Å²) in [4.78, 5) is 38.0. The number of unbranched alkanes of at least 4 members (excludes halogenated alkanes) is 24. The van der Waals surface area contributed by atoms with Crippen molar-refractivity contribution in [2.45, 2.75) is 258 Å². The molecular formula is C57H98O6. The van der Waals surface area contributed by atoms with Crippen molar-refractivity contribution in [2.75, 3.05) is 13.2 Å². The van der Waals surface area contributed by atoms with Crippen LogP contribution in [0, 0.1) is 0 Å². The minimum absolute atomic E-state index is 0.0961. The maximum absolute atomic E-state index is 12.8. The van der Waals surface area contributed by atoms with Gasteiger partial charge >= 0.3 is 17.9 Å². The third kappa shape index (κ3) is 49.7. The molecule has 0 saturated heterocycles. The first kappa shape index (κ1) is 59.9. The normalized spacial score (nSPS) is 12.6. The first-order valence-electron chi connectivity index (χ1n) is 26.4. The van der Waals surface area contributed by atoms with Gasteiger partial charge in [-0.25, -0.2) is 0 Å².